The fourth-order valence-electron chi connectivity index (χ4n) is 1.18. The lowest BCUT2D eigenvalue weighted by Crippen LogP contribution is -1.92. The molecule has 2 N–H and O–H groups in total. The summed E-state index contributed by atoms with van der Waals surface area (Å²) in [7, 11) is 1.81. The van der Waals surface area contributed by atoms with E-state index < -0.39 is 0 Å². The van der Waals surface area contributed by atoms with Crippen molar-refractivity contribution < 1.29 is 4.74 Å². The van der Waals surface area contributed by atoms with Crippen LogP contribution in [0.2, 0.25) is 5.02 Å². The smallest absolute Gasteiger partial charge is 0.165 e. The maximum absolute atomic E-state index is 5.86. The second-order valence-electron chi connectivity index (χ2n) is 3.10. The topological polar surface area (TPSA) is 53.1 Å². The molecule has 15 heavy (non-hydrogen) atoms. The van der Waals surface area contributed by atoms with E-state index in [1.54, 1.807) is 35.3 Å². The summed E-state index contributed by atoms with van der Waals surface area (Å²) < 4.78 is 7.17. The Morgan fingerprint density at radius 3 is 2.93 bits per heavy atom. The fourth-order valence-corrected chi connectivity index (χ4v) is 1.35. The number of rotatable bonds is 2. The Bertz CT molecular complexity index is 481. The summed E-state index contributed by atoms with van der Waals surface area (Å²) in [6, 6.07) is 5.26. The number of aryl methyl sites for hydroxylation is 1. The van der Waals surface area contributed by atoms with E-state index in [0.717, 1.165) is 0 Å². The third-order valence-electron chi connectivity index (χ3n) is 1.92. The minimum absolute atomic E-state index is 0.433. The number of benzene rings is 1. The van der Waals surface area contributed by atoms with Crippen molar-refractivity contribution in [2.24, 2.45) is 7.05 Å². The first kappa shape index (κ1) is 9.86. The van der Waals surface area contributed by atoms with Gasteiger partial charge in [0.2, 0.25) is 0 Å². The van der Waals surface area contributed by atoms with Crippen LogP contribution in [0.5, 0.6) is 11.5 Å². The number of halogens is 1. The Morgan fingerprint density at radius 1 is 1.47 bits per heavy atom. The summed E-state index contributed by atoms with van der Waals surface area (Å²) in [5, 5.41) is 4.47. The van der Waals surface area contributed by atoms with Gasteiger partial charge in [-0.3, -0.25) is 4.68 Å². The van der Waals surface area contributed by atoms with Crippen molar-refractivity contribution in [1.29, 1.82) is 0 Å². The monoisotopic (exact) mass is 223 g/mol. The Morgan fingerprint density at radius 2 is 2.27 bits per heavy atom. The van der Waals surface area contributed by atoms with E-state index in [4.69, 9.17) is 22.1 Å². The van der Waals surface area contributed by atoms with Crippen LogP contribution in [0, 0.1) is 0 Å². The second kappa shape index (κ2) is 3.82. The molecule has 0 saturated carbocycles. The van der Waals surface area contributed by atoms with Crippen LogP contribution in [-0.2, 0) is 7.05 Å². The first-order valence-corrected chi connectivity index (χ1v) is 4.75. The third-order valence-corrected chi connectivity index (χ3v) is 2.25. The van der Waals surface area contributed by atoms with Crippen molar-refractivity contribution in [2.75, 3.05) is 5.73 Å². The molecule has 0 spiro atoms. The van der Waals surface area contributed by atoms with Gasteiger partial charge >= 0.3 is 0 Å². The van der Waals surface area contributed by atoms with Gasteiger partial charge in [0.15, 0.2) is 11.5 Å². The number of anilines is 1. The lowest BCUT2D eigenvalue weighted by molar-refractivity contribution is 0.484. The van der Waals surface area contributed by atoms with Crippen molar-refractivity contribution in [3.8, 4) is 11.5 Å². The van der Waals surface area contributed by atoms with E-state index in [9.17, 15) is 0 Å². The Hall–Kier alpha value is -1.68. The van der Waals surface area contributed by atoms with Crippen molar-refractivity contribution >= 4 is 17.3 Å². The number of hydrogen-bond acceptors (Lipinski definition) is 3. The molecule has 0 amide bonds. The minimum atomic E-state index is 0.433. The highest BCUT2D eigenvalue weighted by Crippen LogP contribution is 2.32. The van der Waals surface area contributed by atoms with Crippen LogP contribution in [0.3, 0.4) is 0 Å². The lowest BCUT2D eigenvalue weighted by Gasteiger charge is -2.06. The lowest BCUT2D eigenvalue weighted by atomic mass is 10.3. The van der Waals surface area contributed by atoms with Gasteiger partial charge in [0, 0.05) is 7.05 Å². The zero-order chi connectivity index (χ0) is 10.8. The molecule has 1 heterocycles. The maximum Gasteiger partial charge on any atom is 0.165 e. The van der Waals surface area contributed by atoms with Crippen LogP contribution in [0.25, 0.3) is 0 Å². The van der Waals surface area contributed by atoms with E-state index in [-0.39, 0.29) is 0 Å². The van der Waals surface area contributed by atoms with Gasteiger partial charge in [0.1, 0.15) is 0 Å². The molecule has 2 aromatic rings. The average Bonchev–Trinajstić information content (AvgIpc) is 2.59. The molecule has 0 saturated heterocycles. The number of aromatic nitrogens is 2. The summed E-state index contributed by atoms with van der Waals surface area (Å²) in [6.45, 7) is 0. The zero-order valence-electron chi connectivity index (χ0n) is 8.14. The molecule has 5 heteroatoms. The van der Waals surface area contributed by atoms with Crippen LogP contribution < -0.4 is 10.5 Å². The van der Waals surface area contributed by atoms with E-state index in [2.05, 4.69) is 5.10 Å². The molecule has 0 bridgehead atoms. The first-order valence-electron chi connectivity index (χ1n) is 4.37. The normalized spacial score (nSPS) is 10.3. The molecule has 4 nitrogen and oxygen atoms in total. The summed E-state index contributed by atoms with van der Waals surface area (Å²) >= 11 is 5.86. The third kappa shape index (κ3) is 2.05. The molecule has 78 valence electrons. The molecule has 2 rings (SSSR count). The summed E-state index contributed by atoms with van der Waals surface area (Å²) in [6.07, 6.45) is 3.36. The number of ether oxygens (including phenoxy) is 1. The highest BCUT2D eigenvalue weighted by Gasteiger charge is 2.06. The predicted octanol–water partition coefficient (Wildman–Crippen LogP) is 2.45. The average molecular weight is 224 g/mol. The van der Waals surface area contributed by atoms with Crippen LogP contribution >= 0.6 is 11.6 Å². The van der Waals surface area contributed by atoms with Crippen molar-refractivity contribution in [2.45, 2.75) is 0 Å². The van der Waals surface area contributed by atoms with Crippen molar-refractivity contribution in [3.05, 3.63) is 35.6 Å². The van der Waals surface area contributed by atoms with E-state index in [0.29, 0.717) is 22.2 Å². The van der Waals surface area contributed by atoms with Gasteiger partial charge in [-0.15, -0.1) is 0 Å². The molecule has 0 radical (unpaired) electrons. The number of hydrogen-bond donors (Lipinski definition) is 1. The second-order valence-corrected chi connectivity index (χ2v) is 3.51. The van der Waals surface area contributed by atoms with Crippen LogP contribution in [0.4, 0.5) is 5.69 Å². The van der Waals surface area contributed by atoms with Gasteiger partial charge in [0.05, 0.1) is 23.1 Å². The molecule has 0 aliphatic rings. The molecule has 0 atom stereocenters. The van der Waals surface area contributed by atoms with Gasteiger partial charge in [-0.05, 0) is 12.1 Å². The first-order chi connectivity index (χ1) is 7.16. The highest BCUT2D eigenvalue weighted by molar-refractivity contribution is 6.33. The fraction of sp³-hybridized carbons (Fsp3) is 0.100. The van der Waals surface area contributed by atoms with Gasteiger partial charge in [-0.1, -0.05) is 17.7 Å². The molecule has 1 aromatic heterocycles. The van der Waals surface area contributed by atoms with E-state index >= 15 is 0 Å². The summed E-state index contributed by atoms with van der Waals surface area (Å²) in [5.41, 5.74) is 6.19. The van der Waals surface area contributed by atoms with Crippen LogP contribution in [0.15, 0.2) is 30.6 Å². The molecule has 0 unspecified atom stereocenters. The van der Waals surface area contributed by atoms with Crippen LogP contribution in [-0.4, -0.2) is 9.78 Å². The maximum atomic E-state index is 5.86. The zero-order valence-corrected chi connectivity index (χ0v) is 8.90. The van der Waals surface area contributed by atoms with Crippen LogP contribution in [0.1, 0.15) is 0 Å². The highest BCUT2D eigenvalue weighted by atomic mass is 35.5. The Balaban J connectivity index is 2.28. The summed E-state index contributed by atoms with van der Waals surface area (Å²) in [5.74, 6) is 1.17. The molecule has 1 aromatic carbocycles. The van der Waals surface area contributed by atoms with Crippen molar-refractivity contribution in [1.82, 2.24) is 9.78 Å². The van der Waals surface area contributed by atoms with Gasteiger partial charge in [-0.25, -0.2) is 0 Å². The SMILES string of the molecule is Cn1cc(Oc2cccc(Cl)c2N)cn1. The standard InChI is InChI=1S/C10H10ClN3O/c1-14-6-7(5-13-14)15-9-4-2-3-8(11)10(9)12/h2-6H,12H2,1H3. The molecule has 0 aliphatic carbocycles. The molecule has 0 fully saturated rings. The van der Waals surface area contributed by atoms with Gasteiger partial charge < -0.3 is 10.5 Å². The quantitative estimate of drug-likeness (QED) is 0.796. The largest absolute Gasteiger partial charge is 0.452 e. The molecular weight excluding hydrogens is 214 g/mol. The molecule has 0 aliphatic heterocycles. The molecular formula is C10H10ClN3O. The van der Waals surface area contributed by atoms with Gasteiger partial charge in [-0.2, -0.15) is 5.10 Å². The summed E-state index contributed by atoms with van der Waals surface area (Å²) in [4.78, 5) is 0. The van der Waals surface area contributed by atoms with Crippen molar-refractivity contribution in [3.63, 3.8) is 0 Å². The number of nitrogens with zero attached hydrogens (tertiary/aromatic N) is 2. The minimum Gasteiger partial charge on any atom is -0.452 e. The predicted molar refractivity (Wildman–Crippen MR) is 59.1 cm³/mol. The van der Waals surface area contributed by atoms with E-state index in [1.165, 1.54) is 0 Å². The number of nitrogen functional groups attached to an aromatic ring is 1. The number of nitrogens with two attached hydrogens (primary N) is 1. The Labute approximate surface area is 92.2 Å². The van der Waals surface area contributed by atoms with E-state index in [1.807, 2.05) is 7.05 Å². The number of para-hydroxylation sites is 1. The Kier molecular flexibility index (Phi) is 2.51. The van der Waals surface area contributed by atoms with Gasteiger partial charge in [0.25, 0.3) is 0 Å².